The van der Waals surface area contributed by atoms with Crippen LogP contribution in [0.25, 0.3) is 0 Å². The van der Waals surface area contributed by atoms with Gasteiger partial charge in [0.1, 0.15) is 12.2 Å². The molecular formula is C18H23N9. The van der Waals surface area contributed by atoms with Crippen LogP contribution in [-0.2, 0) is 13.5 Å². The molecule has 3 aromatic rings. The summed E-state index contributed by atoms with van der Waals surface area (Å²) in [6.07, 6.45) is 4.81. The number of rotatable bonds is 5. The Labute approximate surface area is 157 Å². The average molecular weight is 365 g/mol. The Hall–Kier alpha value is -3.23. The summed E-state index contributed by atoms with van der Waals surface area (Å²) in [6.45, 7) is 1.77. The molecule has 0 bridgehead atoms. The third kappa shape index (κ3) is 4.13. The fourth-order valence-electron chi connectivity index (χ4n) is 3.32. The maximum absolute atomic E-state index is 5.91. The van der Waals surface area contributed by atoms with Crippen molar-refractivity contribution in [1.82, 2.24) is 29.7 Å². The summed E-state index contributed by atoms with van der Waals surface area (Å²) in [5, 5.41) is 11.3. The molecule has 27 heavy (non-hydrogen) atoms. The lowest BCUT2D eigenvalue weighted by Crippen LogP contribution is -2.36. The first-order valence-electron chi connectivity index (χ1n) is 9.09. The van der Waals surface area contributed by atoms with E-state index in [1.54, 1.807) is 6.33 Å². The summed E-state index contributed by atoms with van der Waals surface area (Å²) in [4.78, 5) is 15.2. The Bertz CT molecular complexity index is 885. The number of nitrogens with two attached hydrogens (primary N) is 1. The molecule has 9 heteroatoms. The Balaban J connectivity index is 1.41. The minimum atomic E-state index is 0.222. The number of anilines is 4. The Kier molecular flexibility index (Phi) is 4.82. The highest BCUT2D eigenvalue weighted by molar-refractivity contribution is 5.55. The van der Waals surface area contributed by atoms with Crippen molar-refractivity contribution in [3.05, 3.63) is 42.5 Å². The Morgan fingerprint density at radius 3 is 2.59 bits per heavy atom. The highest BCUT2D eigenvalue weighted by Gasteiger charge is 2.23. The highest BCUT2D eigenvalue weighted by atomic mass is 15.3. The molecule has 1 saturated heterocycles. The molecule has 1 fully saturated rings. The van der Waals surface area contributed by atoms with Crippen LogP contribution in [0.4, 0.5) is 23.5 Å². The molecule has 3 heterocycles. The lowest BCUT2D eigenvalue weighted by atomic mass is 9.93. The SMILES string of the molecule is Cn1cnnc1CC1CCN(c2nc(N)nc(Nc3ccccc3)n2)CC1. The van der Waals surface area contributed by atoms with Gasteiger partial charge in [0.15, 0.2) is 0 Å². The minimum Gasteiger partial charge on any atom is -0.368 e. The highest BCUT2D eigenvalue weighted by Crippen LogP contribution is 2.24. The second-order valence-corrected chi connectivity index (χ2v) is 6.80. The quantitative estimate of drug-likeness (QED) is 0.704. The number of nitrogens with one attached hydrogen (secondary N) is 1. The molecule has 2 aromatic heterocycles. The van der Waals surface area contributed by atoms with Crippen LogP contribution < -0.4 is 16.0 Å². The van der Waals surface area contributed by atoms with Crippen LogP contribution in [0.5, 0.6) is 0 Å². The van der Waals surface area contributed by atoms with Crippen molar-refractivity contribution in [1.29, 1.82) is 0 Å². The predicted molar refractivity (Wildman–Crippen MR) is 104 cm³/mol. The molecule has 0 unspecified atom stereocenters. The molecule has 0 saturated carbocycles. The summed E-state index contributed by atoms with van der Waals surface area (Å²) >= 11 is 0. The van der Waals surface area contributed by atoms with Crippen molar-refractivity contribution in [3.63, 3.8) is 0 Å². The molecular weight excluding hydrogens is 342 g/mol. The van der Waals surface area contributed by atoms with E-state index in [2.05, 4.69) is 35.4 Å². The largest absolute Gasteiger partial charge is 0.368 e. The number of benzene rings is 1. The second-order valence-electron chi connectivity index (χ2n) is 6.80. The molecule has 1 aromatic carbocycles. The first-order chi connectivity index (χ1) is 13.2. The number of nitrogens with zero attached hydrogens (tertiary/aromatic N) is 7. The first-order valence-corrected chi connectivity index (χ1v) is 9.09. The van der Waals surface area contributed by atoms with Gasteiger partial charge < -0.3 is 20.5 Å². The molecule has 9 nitrogen and oxygen atoms in total. The van der Waals surface area contributed by atoms with E-state index in [4.69, 9.17) is 5.73 Å². The van der Waals surface area contributed by atoms with Gasteiger partial charge in [-0.05, 0) is 30.9 Å². The van der Waals surface area contributed by atoms with Crippen LogP contribution >= 0.6 is 0 Å². The lowest BCUT2D eigenvalue weighted by molar-refractivity contribution is 0.390. The van der Waals surface area contributed by atoms with Crippen LogP contribution in [0.15, 0.2) is 36.7 Å². The van der Waals surface area contributed by atoms with E-state index < -0.39 is 0 Å². The number of para-hydroxylation sites is 1. The number of aryl methyl sites for hydroxylation is 1. The standard InChI is InChI=1S/C18H23N9/c1-26-12-20-25-15(26)11-13-7-9-27(10-8-13)18-23-16(19)22-17(24-18)21-14-5-3-2-4-6-14/h2-6,12-13H,7-11H2,1H3,(H3,19,21,22,23,24). The van der Waals surface area contributed by atoms with Gasteiger partial charge in [-0.1, -0.05) is 18.2 Å². The molecule has 1 aliphatic heterocycles. The molecule has 0 spiro atoms. The normalized spacial score (nSPS) is 15.1. The van der Waals surface area contributed by atoms with Gasteiger partial charge in [0.2, 0.25) is 17.8 Å². The predicted octanol–water partition coefficient (Wildman–Crippen LogP) is 1.78. The molecule has 140 valence electrons. The first kappa shape index (κ1) is 17.2. The van der Waals surface area contributed by atoms with Crippen LogP contribution in [0.3, 0.4) is 0 Å². The number of piperidine rings is 1. The van der Waals surface area contributed by atoms with Crippen molar-refractivity contribution < 1.29 is 0 Å². The van der Waals surface area contributed by atoms with Crippen molar-refractivity contribution in [2.75, 3.05) is 29.0 Å². The third-order valence-electron chi connectivity index (χ3n) is 4.84. The van der Waals surface area contributed by atoms with E-state index in [1.807, 2.05) is 41.9 Å². The lowest BCUT2D eigenvalue weighted by Gasteiger charge is -2.31. The van der Waals surface area contributed by atoms with Crippen molar-refractivity contribution >= 4 is 23.5 Å². The van der Waals surface area contributed by atoms with Gasteiger partial charge in [0.05, 0.1) is 0 Å². The molecule has 3 N–H and O–H groups in total. The summed E-state index contributed by atoms with van der Waals surface area (Å²) in [7, 11) is 1.99. The maximum Gasteiger partial charge on any atom is 0.233 e. The topological polar surface area (TPSA) is 111 Å². The van der Waals surface area contributed by atoms with E-state index in [0.29, 0.717) is 17.8 Å². The third-order valence-corrected chi connectivity index (χ3v) is 4.84. The van der Waals surface area contributed by atoms with Gasteiger partial charge in [0, 0.05) is 32.2 Å². The van der Waals surface area contributed by atoms with Crippen molar-refractivity contribution in [3.8, 4) is 0 Å². The van der Waals surface area contributed by atoms with E-state index in [0.717, 1.165) is 43.9 Å². The van der Waals surface area contributed by atoms with E-state index in [-0.39, 0.29) is 5.95 Å². The van der Waals surface area contributed by atoms with Gasteiger partial charge in [-0.3, -0.25) is 0 Å². The van der Waals surface area contributed by atoms with E-state index in [9.17, 15) is 0 Å². The molecule has 0 amide bonds. The minimum absolute atomic E-state index is 0.222. The Morgan fingerprint density at radius 2 is 1.89 bits per heavy atom. The zero-order valence-electron chi connectivity index (χ0n) is 15.3. The van der Waals surface area contributed by atoms with Gasteiger partial charge in [0.25, 0.3) is 0 Å². The molecule has 0 radical (unpaired) electrons. The summed E-state index contributed by atoms with van der Waals surface area (Å²) in [5.74, 6) is 2.93. The molecule has 4 rings (SSSR count). The van der Waals surface area contributed by atoms with Gasteiger partial charge >= 0.3 is 0 Å². The number of aromatic nitrogens is 6. The van der Waals surface area contributed by atoms with Crippen LogP contribution in [0.1, 0.15) is 18.7 Å². The zero-order chi connectivity index (χ0) is 18.6. The van der Waals surface area contributed by atoms with Crippen LogP contribution in [0, 0.1) is 5.92 Å². The van der Waals surface area contributed by atoms with Crippen LogP contribution in [-0.4, -0.2) is 42.8 Å². The number of nitrogen functional groups attached to an aromatic ring is 1. The molecule has 0 atom stereocenters. The zero-order valence-corrected chi connectivity index (χ0v) is 15.3. The summed E-state index contributed by atoms with van der Waals surface area (Å²) < 4.78 is 1.99. The molecule has 1 aliphatic rings. The van der Waals surface area contributed by atoms with Crippen molar-refractivity contribution in [2.24, 2.45) is 13.0 Å². The average Bonchev–Trinajstić information content (AvgIpc) is 3.07. The summed E-state index contributed by atoms with van der Waals surface area (Å²) in [6, 6.07) is 9.78. The Morgan fingerprint density at radius 1 is 1.11 bits per heavy atom. The van der Waals surface area contributed by atoms with Crippen LogP contribution in [0.2, 0.25) is 0 Å². The molecule has 0 aliphatic carbocycles. The number of hydrogen-bond acceptors (Lipinski definition) is 8. The maximum atomic E-state index is 5.91. The second kappa shape index (κ2) is 7.56. The smallest absolute Gasteiger partial charge is 0.233 e. The number of hydrogen-bond donors (Lipinski definition) is 2. The van der Waals surface area contributed by atoms with E-state index in [1.165, 1.54) is 0 Å². The van der Waals surface area contributed by atoms with Crippen molar-refractivity contribution in [2.45, 2.75) is 19.3 Å². The fourth-order valence-corrected chi connectivity index (χ4v) is 3.32. The van der Waals surface area contributed by atoms with E-state index >= 15 is 0 Å². The fraction of sp³-hybridized carbons (Fsp3) is 0.389. The summed E-state index contributed by atoms with van der Waals surface area (Å²) in [5.41, 5.74) is 6.82. The van der Waals surface area contributed by atoms with Gasteiger partial charge in [-0.2, -0.15) is 15.0 Å². The monoisotopic (exact) mass is 365 g/mol. The van der Waals surface area contributed by atoms with Gasteiger partial charge in [-0.15, -0.1) is 10.2 Å². The van der Waals surface area contributed by atoms with Gasteiger partial charge in [-0.25, -0.2) is 0 Å².